The van der Waals surface area contributed by atoms with E-state index in [1.54, 1.807) is 17.4 Å². The average Bonchev–Trinajstić information content (AvgIpc) is 2.93. The van der Waals surface area contributed by atoms with Gasteiger partial charge in [-0.1, -0.05) is 6.07 Å². The molecule has 0 spiro atoms. The van der Waals surface area contributed by atoms with Gasteiger partial charge in [0.2, 0.25) is 0 Å². The number of carbonyl (C=O) groups excluding carboxylic acids is 1. The summed E-state index contributed by atoms with van der Waals surface area (Å²) in [6, 6.07) is 5.72. The van der Waals surface area contributed by atoms with Gasteiger partial charge >= 0.3 is 5.97 Å². The van der Waals surface area contributed by atoms with E-state index in [9.17, 15) is 4.79 Å². The van der Waals surface area contributed by atoms with Crippen molar-refractivity contribution in [3.05, 3.63) is 40.2 Å². The van der Waals surface area contributed by atoms with Crippen LogP contribution in [-0.4, -0.2) is 24.6 Å². The summed E-state index contributed by atoms with van der Waals surface area (Å²) in [4.78, 5) is 16.9. The standard InChI is InChI=1S/C13H15N3O2S/c1-18-13(17)10-7-12(16-8-11(10)14)15-5-4-9-3-2-6-19-9/h2-3,6-8H,4-5,14H2,1H3,(H,15,16). The van der Waals surface area contributed by atoms with E-state index in [4.69, 9.17) is 5.73 Å². The van der Waals surface area contributed by atoms with E-state index in [0.717, 1.165) is 13.0 Å². The molecule has 2 aromatic heterocycles. The summed E-state index contributed by atoms with van der Waals surface area (Å²) in [6.45, 7) is 0.748. The van der Waals surface area contributed by atoms with Gasteiger partial charge in [0.15, 0.2) is 0 Å². The van der Waals surface area contributed by atoms with E-state index < -0.39 is 5.97 Å². The molecule has 0 amide bonds. The summed E-state index contributed by atoms with van der Waals surface area (Å²) in [5, 5.41) is 5.21. The summed E-state index contributed by atoms with van der Waals surface area (Å²) in [7, 11) is 1.33. The van der Waals surface area contributed by atoms with Crippen molar-refractivity contribution in [2.75, 3.05) is 24.7 Å². The number of nitrogens with two attached hydrogens (primary N) is 1. The minimum absolute atomic E-state index is 0.315. The smallest absolute Gasteiger partial charge is 0.340 e. The lowest BCUT2D eigenvalue weighted by atomic mass is 10.2. The maximum absolute atomic E-state index is 11.5. The lowest BCUT2D eigenvalue weighted by Crippen LogP contribution is -2.10. The SMILES string of the molecule is COC(=O)c1cc(NCCc2cccs2)ncc1N. The highest BCUT2D eigenvalue weighted by Gasteiger charge is 2.11. The third-order valence-corrected chi connectivity index (χ3v) is 3.53. The normalized spacial score (nSPS) is 10.2. The maximum atomic E-state index is 11.5. The molecule has 19 heavy (non-hydrogen) atoms. The van der Waals surface area contributed by atoms with E-state index in [1.807, 2.05) is 11.4 Å². The molecule has 0 aliphatic carbocycles. The van der Waals surface area contributed by atoms with Crippen molar-refractivity contribution in [3.63, 3.8) is 0 Å². The van der Waals surface area contributed by atoms with E-state index in [2.05, 4.69) is 21.1 Å². The Morgan fingerprint density at radius 1 is 1.58 bits per heavy atom. The highest BCUT2D eigenvalue weighted by molar-refractivity contribution is 7.09. The fraction of sp³-hybridized carbons (Fsp3) is 0.231. The number of methoxy groups -OCH3 is 1. The van der Waals surface area contributed by atoms with Crippen LogP contribution in [0.4, 0.5) is 11.5 Å². The van der Waals surface area contributed by atoms with E-state index in [0.29, 0.717) is 17.1 Å². The largest absolute Gasteiger partial charge is 0.465 e. The maximum Gasteiger partial charge on any atom is 0.340 e. The first-order valence-corrected chi connectivity index (χ1v) is 6.68. The molecule has 0 bridgehead atoms. The molecule has 0 saturated heterocycles. The fourth-order valence-corrected chi connectivity index (χ4v) is 2.33. The number of hydrogen-bond donors (Lipinski definition) is 2. The lowest BCUT2D eigenvalue weighted by Gasteiger charge is -2.08. The number of hydrogen-bond acceptors (Lipinski definition) is 6. The predicted molar refractivity (Wildman–Crippen MR) is 76.5 cm³/mol. The highest BCUT2D eigenvalue weighted by Crippen LogP contribution is 2.16. The van der Waals surface area contributed by atoms with Gasteiger partial charge in [-0.25, -0.2) is 9.78 Å². The molecular formula is C13H15N3O2S. The molecule has 0 fully saturated rings. The van der Waals surface area contributed by atoms with Crippen LogP contribution in [0.15, 0.2) is 29.8 Å². The van der Waals surface area contributed by atoms with Gasteiger partial charge in [0.1, 0.15) is 5.82 Å². The number of thiophene rings is 1. The number of nitrogen functional groups attached to an aromatic ring is 1. The Hall–Kier alpha value is -2.08. The van der Waals surface area contributed by atoms with Gasteiger partial charge < -0.3 is 15.8 Å². The van der Waals surface area contributed by atoms with Crippen molar-refractivity contribution in [2.24, 2.45) is 0 Å². The second-order valence-corrected chi connectivity index (χ2v) is 4.94. The van der Waals surface area contributed by atoms with Crippen LogP contribution < -0.4 is 11.1 Å². The number of carbonyl (C=O) groups is 1. The zero-order valence-corrected chi connectivity index (χ0v) is 11.4. The molecule has 0 unspecified atom stereocenters. The first-order valence-electron chi connectivity index (χ1n) is 5.81. The molecule has 6 heteroatoms. The Bertz CT molecular complexity index is 555. The van der Waals surface area contributed by atoms with Gasteiger partial charge in [-0.15, -0.1) is 11.3 Å². The van der Waals surface area contributed by atoms with Crippen LogP contribution in [0.5, 0.6) is 0 Å². The summed E-state index contributed by atoms with van der Waals surface area (Å²) < 4.78 is 4.66. The molecule has 0 radical (unpaired) electrons. The van der Waals surface area contributed by atoms with Gasteiger partial charge in [0, 0.05) is 11.4 Å². The van der Waals surface area contributed by atoms with Crippen LogP contribution in [0.25, 0.3) is 0 Å². The summed E-state index contributed by atoms with van der Waals surface area (Å²) in [5.41, 5.74) is 6.33. The van der Waals surface area contributed by atoms with Crippen molar-refractivity contribution >= 4 is 28.8 Å². The Kier molecular flexibility index (Phi) is 4.35. The molecule has 100 valence electrons. The van der Waals surface area contributed by atoms with Crippen LogP contribution in [0.2, 0.25) is 0 Å². The molecule has 0 saturated carbocycles. The Morgan fingerprint density at radius 3 is 3.11 bits per heavy atom. The topological polar surface area (TPSA) is 77.2 Å². The Labute approximate surface area is 115 Å². The molecule has 3 N–H and O–H groups in total. The molecule has 2 rings (SSSR count). The number of rotatable bonds is 5. The van der Waals surface area contributed by atoms with Crippen molar-refractivity contribution in [1.82, 2.24) is 4.98 Å². The summed E-state index contributed by atoms with van der Waals surface area (Å²) in [6.07, 6.45) is 2.37. The minimum Gasteiger partial charge on any atom is -0.465 e. The monoisotopic (exact) mass is 277 g/mol. The van der Waals surface area contributed by atoms with E-state index >= 15 is 0 Å². The third-order valence-electron chi connectivity index (χ3n) is 2.60. The molecule has 0 aliphatic heterocycles. The predicted octanol–water partition coefficient (Wildman–Crippen LogP) is 2.17. The van der Waals surface area contributed by atoms with Crippen molar-refractivity contribution in [2.45, 2.75) is 6.42 Å². The van der Waals surface area contributed by atoms with Crippen LogP contribution >= 0.6 is 11.3 Å². The number of anilines is 2. The number of nitrogens with zero attached hydrogens (tertiary/aromatic N) is 1. The van der Waals surface area contributed by atoms with Gasteiger partial charge in [0.05, 0.1) is 24.6 Å². The molecule has 5 nitrogen and oxygen atoms in total. The quantitative estimate of drug-likeness (QED) is 0.819. The zero-order chi connectivity index (χ0) is 13.7. The molecule has 0 atom stereocenters. The number of nitrogens with one attached hydrogen (secondary N) is 1. The second-order valence-electron chi connectivity index (χ2n) is 3.90. The average molecular weight is 277 g/mol. The molecule has 0 aromatic carbocycles. The van der Waals surface area contributed by atoms with Gasteiger partial charge in [-0.2, -0.15) is 0 Å². The van der Waals surface area contributed by atoms with Crippen LogP contribution in [0.1, 0.15) is 15.2 Å². The highest BCUT2D eigenvalue weighted by atomic mass is 32.1. The van der Waals surface area contributed by atoms with Crippen molar-refractivity contribution < 1.29 is 9.53 Å². The lowest BCUT2D eigenvalue weighted by molar-refractivity contribution is 0.0602. The van der Waals surface area contributed by atoms with Crippen molar-refractivity contribution in [1.29, 1.82) is 0 Å². The first kappa shape index (κ1) is 13.4. The second kappa shape index (κ2) is 6.19. The zero-order valence-electron chi connectivity index (χ0n) is 10.6. The fourth-order valence-electron chi connectivity index (χ4n) is 1.62. The number of pyridine rings is 1. The number of esters is 1. The number of aromatic nitrogens is 1. The van der Waals surface area contributed by atoms with Crippen molar-refractivity contribution in [3.8, 4) is 0 Å². The molecule has 2 aromatic rings. The van der Waals surface area contributed by atoms with E-state index in [1.165, 1.54) is 18.2 Å². The van der Waals surface area contributed by atoms with Gasteiger partial charge in [-0.05, 0) is 23.9 Å². The van der Waals surface area contributed by atoms with Gasteiger partial charge in [0.25, 0.3) is 0 Å². The molecule has 0 aliphatic rings. The summed E-state index contributed by atoms with van der Waals surface area (Å²) in [5.74, 6) is 0.160. The van der Waals surface area contributed by atoms with Crippen LogP contribution in [0.3, 0.4) is 0 Å². The number of ether oxygens (including phenoxy) is 1. The minimum atomic E-state index is -0.457. The van der Waals surface area contributed by atoms with Crippen LogP contribution in [-0.2, 0) is 11.2 Å². The summed E-state index contributed by atoms with van der Waals surface area (Å²) >= 11 is 1.72. The molecular weight excluding hydrogens is 262 g/mol. The first-order chi connectivity index (χ1) is 9.20. The van der Waals surface area contributed by atoms with Crippen LogP contribution in [0, 0.1) is 0 Å². The van der Waals surface area contributed by atoms with Gasteiger partial charge in [-0.3, -0.25) is 0 Å². The molecule has 2 heterocycles. The van der Waals surface area contributed by atoms with E-state index in [-0.39, 0.29) is 0 Å². The Morgan fingerprint density at radius 2 is 2.42 bits per heavy atom. The third kappa shape index (κ3) is 3.45. The Balaban J connectivity index is 1.99.